The van der Waals surface area contributed by atoms with Crippen LogP contribution in [0, 0.1) is 17.0 Å². The van der Waals surface area contributed by atoms with Gasteiger partial charge in [0.05, 0.1) is 24.3 Å². The first-order valence-corrected chi connectivity index (χ1v) is 16.0. The van der Waals surface area contributed by atoms with Crippen molar-refractivity contribution in [2.75, 3.05) is 32.8 Å². The van der Waals surface area contributed by atoms with Gasteiger partial charge in [0.25, 0.3) is 11.8 Å². The summed E-state index contributed by atoms with van der Waals surface area (Å²) in [6.45, 7) is 4.42. The number of hydrogen-bond donors (Lipinski definition) is 4. The van der Waals surface area contributed by atoms with Crippen molar-refractivity contribution < 1.29 is 37.9 Å². The van der Waals surface area contributed by atoms with E-state index in [1.54, 1.807) is 10.8 Å². The summed E-state index contributed by atoms with van der Waals surface area (Å²) in [5.41, 5.74) is 6.39. The second-order valence-electron chi connectivity index (χ2n) is 12.9. The Hall–Kier alpha value is -5.28. The molecule has 1 aromatic heterocycles. The van der Waals surface area contributed by atoms with Gasteiger partial charge < -0.3 is 30.9 Å². The average molecular weight is 694 g/mol. The molecule has 1 aliphatic rings. The number of halogens is 2. The van der Waals surface area contributed by atoms with Gasteiger partial charge in [-0.25, -0.2) is 13.8 Å². The third kappa shape index (κ3) is 9.45. The van der Waals surface area contributed by atoms with Gasteiger partial charge in [-0.15, -0.1) is 0 Å². The van der Waals surface area contributed by atoms with E-state index >= 15 is 0 Å². The van der Waals surface area contributed by atoms with Crippen molar-refractivity contribution in [3.05, 3.63) is 89.9 Å². The average Bonchev–Trinajstić information content (AvgIpc) is 3.63. The minimum Gasteiger partial charge on any atom is -0.387 e. The van der Waals surface area contributed by atoms with Crippen LogP contribution in [0.3, 0.4) is 0 Å². The number of hydrogen-bond acceptors (Lipinski definition) is 8. The Morgan fingerprint density at radius 1 is 1.02 bits per heavy atom. The minimum atomic E-state index is -1.16. The second kappa shape index (κ2) is 16.4. The smallest absolute Gasteiger partial charge is 0.253 e. The lowest BCUT2D eigenvalue weighted by atomic mass is 9.84. The number of imide groups is 1. The first-order valence-electron chi connectivity index (χ1n) is 16.0. The molecule has 5 N–H and O–H groups in total. The molecule has 0 bridgehead atoms. The van der Waals surface area contributed by atoms with Crippen LogP contribution in [0.1, 0.15) is 44.6 Å². The molecule has 4 rings (SSSR count). The summed E-state index contributed by atoms with van der Waals surface area (Å²) in [5, 5.41) is 14.9. The van der Waals surface area contributed by atoms with Crippen LogP contribution in [-0.4, -0.2) is 92.8 Å². The zero-order chi connectivity index (χ0) is 36.6. The summed E-state index contributed by atoms with van der Waals surface area (Å²) in [5.74, 6) is -3.87. The third-order valence-corrected chi connectivity index (χ3v) is 8.04. The van der Waals surface area contributed by atoms with E-state index in [1.807, 2.05) is 51.1 Å². The lowest BCUT2D eigenvalue weighted by Crippen LogP contribution is -2.49. The van der Waals surface area contributed by atoms with E-state index in [9.17, 15) is 37.9 Å². The molecule has 2 atom stereocenters. The predicted octanol–water partition coefficient (Wildman–Crippen LogP) is 1.66. The Kier molecular flexibility index (Phi) is 12.3. The summed E-state index contributed by atoms with van der Waals surface area (Å²) < 4.78 is 30.9. The Labute approximate surface area is 288 Å². The molecule has 2 heterocycles. The lowest BCUT2D eigenvalue weighted by molar-refractivity contribution is -0.140. The largest absolute Gasteiger partial charge is 0.387 e. The van der Waals surface area contributed by atoms with Crippen LogP contribution in [0.25, 0.3) is 11.3 Å². The van der Waals surface area contributed by atoms with Gasteiger partial charge in [-0.05, 0) is 35.6 Å². The molecule has 2 aromatic carbocycles. The standard InChI is InChI=1S/C35H41F2N7O6/c1-35(2,3)32(33-41-27(24-17-23(36)9-10-25(24)37)20-42(33)19-22-7-5-4-6-8-22)44(31(49)21-45)15-13-26(38)34(50)40-18-28(46)39-14-16-43-29(47)11-12-30(43)48/h4-12,17,20,26,32,45H,13-16,18-19,21,38H2,1-3H3,(H,39,46)(H,40,50)/t26-,32-/m0/s1. The first-order chi connectivity index (χ1) is 23.7. The number of nitrogens with one attached hydrogen (secondary N) is 2. The predicted molar refractivity (Wildman–Crippen MR) is 179 cm³/mol. The highest BCUT2D eigenvalue weighted by atomic mass is 19.1. The molecule has 0 saturated carbocycles. The molecule has 15 heteroatoms. The van der Waals surface area contributed by atoms with Crippen molar-refractivity contribution >= 4 is 29.5 Å². The molecule has 50 heavy (non-hydrogen) atoms. The number of aliphatic hydroxyl groups is 1. The van der Waals surface area contributed by atoms with Crippen LogP contribution >= 0.6 is 0 Å². The van der Waals surface area contributed by atoms with E-state index in [0.717, 1.165) is 40.8 Å². The summed E-state index contributed by atoms with van der Waals surface area (Å²) in [6.07, 6.45) is 3.79. The molecule has 0 fully saturated rings. The number of imidazole rings is 1. The fourth-order valence-electron chi connectivity index (χ4n) is 5.59. The fourth-order valence-corrected chi connectivity index (χ4v) is 5.59. The number of aromatic nitrogens is 2. The number of aliphatic hydroxyl groups excluding tert-OH is 1. The van der Waals surface area contributed by atoms with E-state index in [0.29, 0.717) is 5.82 Å². The van der Waals surface area contributed by atoms with Gasteiger partial charge >= 0.3 is 0 Å². The lowest BCUT2D eigenvalue weighted by Gasteiger charge is -2.40. The molecular formula is C35H41F2N7O6. The highest BCUT2D eigenvalue weighted by Gasteiger charge is 2.38. The third-order valence-electron chi connectivity index (χ3n) is 8.04. The van der Waals surface area contributed by atoms with E-state index in [1.165, 1.54) is 4.90 Å². The van der Waals surface area contributed by atoms with Crippen molar-refractivity contribution in [2.24, 2.45) is 11.1 Å². The number of nitrogens with zero attached hydrogens (tertiary/aromatic N) is 4. The van der Waals surface area contributed by atoms with Crippen LogP contribution in [0.2, 0.25) is 0 Å². The number of benzene rings is 2. The highest BCUT2D eigenvalue weighted by molar-refractivity contribution is 6.12. The van der Waals surface area contributed by atoms with Crippen LogP contribution in [0.4, 0.5) is 8.78 Å². The number of rotatable bonds is 15. The quantitative estimate of drug-likeness (QED) is 0.174. The van der Waals surface area contributed by atoms with E-state index in [-0.39, 0.29) is 43.9 Å². The summed E-state index contributed by atoms with van der Waals surface area (Å²) in [7, 11) is 0. The Morgan fingerprint density at radius 2 is 1.70 bits per heavy atom. The molecular weight excluding hydrogens is 652 g/mol. The Morgan fingerprint density at radius 3 is 2.34 bits per heavy atom. The molecule has 1 aliphatic heterocycles. The van der Waals surface area contributed by atoms with Crippen molar-refractivity contribution in [3.63, 3.8) is 0 Å². The molecule has 266 valence electrons. The maximum atomic E-state index is 14.9. The van der Waals surface area contributed by atoms with E-state index in [4.69, 9.17) is 10.7 Å². The van der Waals surface area contributed by atoms with Crippen LogP contribution in [0.5, 0.6) is 0 Å². The zero-order valence-corrected chi connectivity index (χ0v) is 28.1. The van der Waals surface area contributed by atoms with Crippen molar-refractivity contribution in [3.8, 4) is 11.3 Å². The van der Waals surface area contributed by atoms with Crippen LogP contribution < -0.4 is 16.4 Å². The topological polar surface area (TPSA) is 180 Å². The number of amides is 5. The van der Waals surface area contributed by atoms with Crippen molar-refractivity contribution in [1.82, 2.24) is 30.0 Å². The van der Waals surface area contributed by atoms with Gasteiger partial charge in [-0.3, -0.25) is 28.9 Å². The van der Waals surface area contributed by atoms with Crippen LogP contribution in [-0.2, 0) is 30.5 Å². The molecule has 0 saturated heterocycles. The molecule has 0 radical (unpaired) electrons. The van der Waals surface area contributed by atoms with E-state index < -0.39 is 71.8 Å². The number of carbonyl (C=O) groups is 5. The molecule has 0 unspecified atom stereocenters. The minimum absolute atomic E-state index is 0.0139. The summed E-state index contributed by atoms with van der Waals surface area (Å²) >= 11 is 0. The van der Waals surface area contributed by atoms with Gasteiger partial charge in [-0.2, -0.15) is 0 Å². The monoisotopic (exact) mass is 693 g/mol. The summed E-state index contributed by atoms with van der Waals surface area (Å²) in [4.78, 5) is 68.8. The normalized spacial score (nSPS) is 14.1. The van der Waals surface area contributed by atoms with Crippen molar-refractivity contribution in [1.29, 1.82) is 0 Å². The maximum Gasteiger partial charge on any atom is 0.253 e. The molecule has 3 aromatic rings. The SMILES string of the molecule is CC(C)(C)[C@H](c1nc(-c2cc(F)ccc2F)cn1Cc1ccccc1)N(CC[C@H](N)C(=O)NCC(=O)NCCN1C(=O)C=CC1=O)C(=O)CO. The zero-order valence-electron chi connectivity index (χ0n) is 28.1. The van der Waals surface area contributed by atoms with Gasteiger partial charge in [0.2, 0.25) is 17.7 Å². The Bertz CT molecular complexity index is 1740. The molecule has 5 amide bonds. The van der Waals surface area contributed by atoms with E-state index in [2.05, 4.69) is 10.6 Å². The first kappa shape index (κ1) is 37.5. The fraction of sp³-hybridized carbons (Fsp3) is 0.371. The second-order valence-corrected chi connectivity index (χ2v) is 12.9. The van der Waals surface area contributed by atoms with Crippen molar-refractivity contribution in [2.45, 2.75) is 45.8 Å². The van der Waals surface area contributed by atoms with Gasteiger partial charge in [0, 0.05) is 50.1 Å². The molecule has 0 spiro atoms. The maximum absolute atomic E-state index is 14.9. The van der Waals surface area contributed by atoms with Crippen LogP contribution in [0.15, 0.2) is 66.9 Å². The van der Waals surface area contributed by atoms with Gasteiger partial charge in [0.15, 0.2) is 0 Å². The van der Waals surface area contributed by atoms with Gasteiger partial charge in [-0.1, -0.05) is 51.1 Å². The highest BCUT2D eigenvalue weighted by Crippen LogP contribution is 2.39. The van der Waals surface area contributed by atoms with Gasteiger partial charge in [0.1, 0.15) is 24.1 Å². The molecule has 0 aliphatic carbocycles. The number of carbonyl (C=O) groups excluding carboxylic acids is 5. The summed E-state index contributed by atoms with van der Waals surface area (Å²) in [6, 6.07) is 10.4. The number of nitrogens with two attached hydrogens (primary N) is 1. The molecule has 13 nitrogen and oxygen atoms in total. The Balaban J connectivity index is 1.51.